The van der Waals surface area contributed by atoms with Gasteiger partial charge in [0.1, 0.15) is 5.54 Å². The van der Waals surface area contributed by atoms with Crippen LogP contribution in [-0.2, 0) is 14.3 Å². The summed E-state index contributed by atoms with van der Waals surface area (Å²) < 4.78 is 4.75. The van der Waals surface area contributed by atoms with Crippen LogP contribution in [0.25, 0.3) is 0 Å². The molecule has 0 bridgehead atoms. The van der Waals surface area contributed by atoms with Crippen LogP contribution in [0, 0.1) is 0 Å². The molecule has 1 N–H and O–H groups in total. The van der Waals surface area contributed by atoms with Crippen LogP contribution < -0.4 is 5.32 Å². The summed E-state index contributed by atoms with van der Waals surface area (Å²) in [6, 6.07) is 0.264. The molecule has 0 radical (unpaired) electrons. The van der Waals surface area contributed by atoms with Gasteiger partial charge in [0.25, 0.3) is 0 Å². The molecule has 0 unspecified atom stereocenters. The molecular formula is C12H22N2O3. The van der Waals surface area contributed by atoms with Crippen molar-refractivity contribution in [1.82, 2.24) is 10.2 Å². The molecule has 5 heteroatoms. The van der Waals surface area contributed by atoms with E-state index in [9.17, 15) is 9.59 Å². The first-order valence-electron chi connectivity index (χ1n) is 5.98. The van der Waals surface area contributed by atoms with Gasteiger partial charge in [0.05, 0.1) is 7.11 Å². The Hall–Kier alpha value is -1.10. The zero-order valence-electron chi connectivity index (χ0n) is 11.1. The molecule has 1 amide bonds. The minimum absolute atomic E-state index is 0.121. The van der Waals surface area contributed by atoms with Crippen LogP contribution in [0.3, 0.4) is 0 Å². The smallest absolute Gasteiger partial charge is 0.325 e. The van der Waals surface area contributed by atoms with E-state index in [1.807, 2.05) is 18.7 Å². The van der Waals surface area contributed by atoms with Crippen LogP contribution in [0.4, 0.5) is 0 Å². The third kappa shape index (κ3) is 3.70. The van der Waals surface area contributed by atoms with E-state index in [1.165, 1.54) is 7.11 Å². The molecular weight excluding hydrogens is 220 g/mol. The molecule has 0 aromatic heterocycles. The zero-order valence-corrected chi connectivity index (χ0v) is 11.1. The minimum atomic E-state index is -0.669. The number of esters is 1. The van der Waals surface area contributed by atoms with Crippen molar-refractivity contribution in [3.05, 3.63) is 0 Å². The summed E-state index contributed by atoms with van der Waals surface area (Å²) in [7, 11) is 1.39. The highest BCUT2D eigenvalue weighted by molar-refractivity contribution is 5.79. The highest BCUT2D eigenvalue weighted by Gasteiger charge is 2.32. The number of piperidine rings is 1. The highest BCUT2D eigenvalue weighted by atomic mass is 16.5. The quantitative estimate of drug-likeness (QED) is 0.734. The van der Waals surface area contributed by atoms with Crippen LogP contribution in [0.2, 0.25) is 0 Å². The maximum Gasteiger partial charge on any atom is 0.325 e. The third-order valence-electron chi connectivity index (χ3n) is 3.20. The predicted molar refractivity (Wildman–Crippen MR) is 64.5 cm³/mol. The maximum absolute atomic E-state index is 11.5. The van der Waals surface area contributed by atoms with Crippen molar-refractivity contribution < 1.29 is 14.3 Å². The van der Waals surface area contributed by atoms with Crippen molar-refractivity contribution in [2.24, 2.45) is 0 Å². The van der Waals surface area contributed by atoms with Gasteiger partial charge in [-0.2, -0.15) is 0 Å². The van der Waals surface area contributed by atoms with Gasteiger partial charge in [-0.3, -0.25) is 14.9 Å². The Morgan fingerprint density at radius 2 is 1.82 bits per heavy atom. The Bertz CT molecular complexity index is 294. The molecule has 0 aromatic carbocycles. The van der Waals surface area contributed by atoms with Gasteiger partial charge >= 0.3 is 5.97 Å². The number of nitrogens with zero attached hydrogens (tertiary/aromatic N) is 1. The fourth-order valence-electron chi connectivity index (χ4n) is 2.16. The number of carbonyl (C=O) groups excluding carboxylic acids is 2. The summed E-state index contributed by atoms with van der Waals surface area (Å²) in [5.41, 5.74) is -0.669. The summed E-state index contributed by atoms with van der Waals surface area (Å²) in [6.07, 6.45) is 1.75. The average molecular weight is 242 g/mol. The fraction of sp³-hybridized carbons (Fsp3) is 0.833. The van der Waals surface area contributed by atoms with E-state index in [0.717, 1.165) is 25.9 Å². The SMILES string of the molecule is COC(=O)C(C)(C)NC1CCN(C(C)=O)CC1. The number of ether oxygens (including phenoxy) is 1. The van der Waals surface area contributed by atoms with Crippen molar-refractivity contribution in [2.45, 2.75) is 45.2 Å². The summed E-state index contributed by atoms with van der Waals surface area (Å²) in [6.45, 7) is 6.73. The van der Waals surface area contributed by atoms with E-state index in [1.54, 1.807) is 6.92 Å². The molecule has 5 nitrogen and oxygen atoms in total. The lowest BCUT2D eigenvalue weighted by Crippen LogP contribution is -2.55. The summed E-state index contributed by atoms with van der Waals surface area (Å²) >= 11 is 0. The Morgan fingerprint density at radius 3 is 2.24 bits per heavy atom. The molecule has 0 saturated carbocycles. The van der Waals surface area contributed by atoms with Crippen molar-refractivity contribution in [1.29, 1.82) is 0 Å². The second-order valence-corrected chi connectivity index (χ2v) is 5.04. The molecule has 1 aliphatic rings. The Kier molecular flexibility index (Phi) is 4.51. The van der Waals surface area contributed by atoms with Gasteiger partial charge in [0.2, 0.25) is 5.91 Å². The lowest BCUT2D eigenvalue weighted by Gasteiger charge is -2.36. The third-order valence-corrected chi connectivity index (χ3v) is 3.20. The Labute approximate surface area is 102 Å². The molecule has 1 rings (SSSR count). The number of nitrogens with one attached hydrogen (secondary N) is 1. The monoisotopic (exact) mass is 242 g/mol. The van der Waals surface area contributed by atoms with Crippen LogP contribution in [-0.4, -0.2) is 48.6 Å². The molecule has 0 atom stereocenters. The molecule has 17 heavy (non-hydrogen) atoms. The number of hydrogen-bond acceptors (Lipinski definition) is 4. The Morgan fingerprint density at radius 1 is 1.29 bits per heavy atom. The first kappa shape index (κ1) is 14.0. The lowest BCUT2D eigenvalue weighted by molar-refractivity contribution is -0.147. The van der Waals surface area contributed by atoms with E-state index in [4.69, 9.17) is 4.74 Å². The Balaban J connectivity index is 2.45. The predicted octanol–water partition coefficient (Wildman–Crippen LogP) is 0.538. The zero-order chi connectivity index (χ0) is 13.1. The summed E-state index contributed by atoms with van der Waals surface area (Å²) in [5.74, 6) is -0.137. The summed E-state index contributed by atoms with van der Waals surface area (Å²) in [5, 5.41) is 3.29. The van der Waals surface area contributed by atoms with E-state index < -0.39 is 5.54 Å². The largest absolute Gasteiger partial charge is 0.468 e. The van der Waals surface area contributed by atoms with Gasteiger partial charge in [-0.05, 0) is 26.7 Å². The molecule has 1 aliphatic heterocycles. The van der Waals surface area contributed by atoms with Crippen molar-refractivity contribution in [3.8, 4) is 0 Å². The van der Waals surface area contributed by atoms with Crippen LogP contribution in [0.15, 0.2) is 0 Å². The number of carbonyl (C=O) groups is 2. The van der Waals surface area contributed by atoms with E-state index in [0.29, 0.717) is 0 Å². The van der Waals surface area contributed by atoms with Gasteiger partial charge < -0.3 is 9.64 Å². The topological polar surface area (TPSA) is 58.6 Å². The average Bonchev–Trinajstić information content (AvgIpc) is 2.28. The normalized spacial score (nSPS) is 18.0. The number of amides is 1. The number of likely N-dealkylation sites (tertiary alicyclic amines) is 1. The van der Waals surface area contributed by atoms with Gasteiger partial charge in [-0.25, -0.2) is 0 Å². The van der Waals surface area contributed by atoms with Crippen molar-refractivity contribution in [2.75, 3.05) is 20.2 Å². The minimum Gasteiger partial charge on any atom is -0.468 e. The van der Waals surface area contributed by atoms with E-state index >= 15 is 0 Å². The highest BCUT2D eigenvalue weighted by Crippen LogP contribution is 2.15. The first-order chi connectivity index (χ1) is 7.86. The molecule has 1 heterocycles. The second kappa shape index (κ2) is 5.49. The van der Waals surface area contributed by atoms with E-state index in [-0.39, 0.29) is 17.9 Å². The second-order valence-electron chi connectivity index (χ2n) is 5.04. The molecule has 98 valence electrons. The molecule has 1 saturated heterocycles. The number of hydrogen-bond donors (Lipinski definition) is 1. The van der Waals surface area contributed by atoms with E-state index in [2.05, 4.69) is 5.32 Å². The van der Waals surface area contributed by atoms with Crippen molar-refractivity contribution in [3.63, 3.8) is 0 Å². The molecule has 0 aromatic rings. The number of methoxy groups -OCH3 is 1. The van der Waals surface area contributed by atoms with Crippen LogP contribution in [0.5, 0.6) is 0 Å². The fourth-order valence-corrected chi connectivity index (χ4v) is 2.16. The molecule has 1 fully saturated rings. The molecule has 0 spiro atoms. The van der Waals surface area contributed by atoms with Crippen LogP contribution >= 0.6 is 0 Å². The van der Waals surface area contributed by atoms with Crippen LogP contribution in [0.1, 0.15) is 33.6 Å². The first-order valence-corrected chi connectivity index (χ1v) is 5.98. The maximum atomic E-state index is 11.5. The number of rotatable bonds is 3. The van der Waals surface area contributed by atoms with Gasteiger partial charge in [-0.1, -0.05) is 0 Å². The van der Waals surface area contributed by atoms with Crippen molar-refractivity contribution >= 4 is 11.9 Å². The molecule has 0 aliphatic carbocycles. The standard InChI is InChI=1S/C12H22N2O3/c1-9(15)14-7-5-10(6-8-14)13-12(2,3)11(16)17-4/h10,13H,5-8H2,1-4H3. The van der Waals surface area contributed by atoms with Gasteiger partial charge in [0, 0.05) is 26.1 Å². The van der Waals surface area contributed by atoms with Gasteiger partial charge in [0.15, 0.2) is 0 Å². The lowest BCUT2D eigenvalue weighted by atomic mass is 9.98. The van der Waals surface area contributed by atoms with Gasteiger partial charge in [-0.15, -0.1) is 0 Å². The summed E-state index contributed by atoms with van der Waals surface area (Å²) in [4.78, 5) is 24.5.